The lowest BCUT2D eigenvalue weighted by Crippen LogP contribution is -2.26. The van der Waals surface area contributed by atoms with Gasteiger partial charge in [-0.25, -0.2) is 0 Å². The van der Waals surface area contributed by atoms with Gasteiger partial charge in [-0.15, -0.1) is 18.3 Å². The second kappa shape index (κ2) is 10.4. The van der Waals surface area contributed by atoms with Gasteiger partial charge in [0.2, 0.25) is 0 Å². The molecule has 0 amide bonds. The third-order valence-electron chi connectivity index (χ3n) is 5.63. The summed E-state index contributed by atoms with van der Waals surface area (Å²) in [5.74, 6) is 0.0922. The van der Waals surface area contributed by atoms with Crippen LogP contribution in [0, 0.1) is 11.8 Å². The molecule has 2 aliphatic rings. The number of carboxylic acid groups (broad SMARTS) is 1. The molecule has 1 fully saturated rings. The summed E-state index contributed by atoms with van der Waals surface area (Å²) in [6.45, 7) is 6.11. The van der Waals surface area contributed by atoms with Gasteiger partial charge in [0.25, 0.3) is 0 Å². The molecule has 6 heteroatoms. The predicted molar refractivity (Wildman–Crippen MR) is 111 cm³/mol. The van der Waals surface area contributed by atoms with Gasteiger partial charge in [0.1, 0.15) is 0 Å². The molecular formula is C21H33NO4S. The van der Waals surface area contributed by atoms with Gasteiger partial charge in [-0.1, -0.05) is 44.4 Å². The van der Waals surface area contributed by atoms with Crippen LogP contribution in [-0.4, -0.2) is 49.8 Å². The maximum atomic E-state index is 10.6. The highest BCUT2D eigenvalue weighted by Crippen LogP contribution is 2.51. The fraction of sp³-hybridized carbons (Fsp3) is 0.714. The Hall–Kier alpha value is -1.11. The predicted octanol–water partition coefficient (Wildman–Crippen LogP) is 3.81. The second-order valence-corrected chi connectivity index (χ2v) is 8.82. The van der Waals surface area contributed by atoms with Crippen LogP contribution in [0.15, 0.2) is 29.8 Å². The van der Waals surface area contributed by atoms with Crippen molar-refractivity contribution in [2.24, 2.45) is 16.8 Å². The van der Waals surface area contributed by atoms with E-state index in [-0.39, 0.29) is 18.3 Å². The van der Waals surface area contributed by atoms with E-state index in [0.717, 1.165) is 42.9 Å². The van der Waals surface area contributed by atoms with E-state index in [0.29, 0.717) is 12.8 Å². The molecule has 1 heterocycles. The standard InChI is InChI=1S/C21H33NO4S/c1-3-5-6-8-15(23)10-11-16-17-13-19(27-12-7-9-20(25)26)22-21(17,4-2)14-18(16)24/h4,10-11,15-18,23-24H,2-3,5-9,12-14H2,1H3,(H,25,26). The first-order chi connectivity index (χ1) is 12.9. The van der Waals surface area contributed by atoms with Crippen LogP contribution in [0.1, 0.15) is 58.3 Å². The Morgan fingerprint density at radius 1 is 1.44 bits per heavy atom. The van der Waals surface area contributed by atoms with E-state index < -0.39 is 23.7 Å². The summed E-state index contributed by atoms with van der Waals surface area (Å²) < 4.78 is 0. The molecule has 3 N–H and O–H groups in total. The first-order valence-corrected chi connectivity index (χ1v) is 11.0. The maximum absolute atomic E-state index is 10.6. The third-order valence-corrected chi connectivity index (χ3v) is 6.71. The number of aliphatic hydroxyl groups is 2. The van der Waals surface area contributed by atoms with Crippen LogP contribution in [0.2, 0.25) is 0 Å². The Balaban J connectivity index is 1.95. The zero-order valence-corrected chi connectivity index (χ0v) is 17.0. The molecule has 0 radical (unpaired) electrons. The fourth-order valence-corrected chi connectivity index (χ4v) is 5.19. The van der Waals surface area contributed by atoms with Gasteiger partial charge in [0.05, 0.1) is 22.8 Å². The molecule has 1 aliphatic carbocycles. The maximum Gasteiger partial charge on any atom is 0.303 e. The number of hydrogen-bond donors (Lipinski definition) is 3. The van der Waals surface area contributed by atoms with E-state index in [1.807, 2.05) is 18.2 Å². The molecule has 0 aromatic heterocycles. The number of aliphatic hydroxyl groups excluding tert-OH is 2. The fourth-order valence-electron chi connectivity index (χ4n) is 4.13. The summed E-state index contributed by atoms with van der Waals surface area (Å²) in [4.78, 5) is 15.5. The lowest BCUT2D eigenvalue weighted by Gasteiger charge is -2.23. The van der Waals surface area contributed by atoms with Crippen LogP contribution in [0.4, 0.5) is 0 Å². The van der Waals surface area contributed by atoms with Crippen LogP contribution >= 0.6 is 11.8 Å². The Kier molecular flexibility index (Phi) is 8.58. The first-order valence-electron chi connectivity index (χ1n) is 10.0. The number of unbranched alkanes of at least 4 members (excludes halogenated alkanes) is 2. The molecule has 0 aromatic carbocycles. The van der Waals surface area contributed by atoms with E-state index in [4.69, 9.17) is 10.1 Å². The van der Waals surface area contributed by atoms with Gasteiger partial charge in [-0.05, 0) is 18.6 Å². The van der Waals surface area contributed by atoms with Crippen LogP contribution in [-0.2, 0) is 4.79 Å². The number of nitrogens with zero attached hydrogens (tertiary/aromatic N) is 1. The number of thioether (sulfide) groups is 1. The zero-order valence-electron chi connectivity index (χ0n) is 16.2. The average Bonchev–Trinajstić information content (AvgIpc) is 3.09. The summed E-state index contributed by atoms with van der Waals surface area (Å²) >= 11 is 1.62. The van der Waals surface area contributed by atoms with Crippen molar-refractivity contribution in [3.8, 4) is 0 Å². The number of carbonyl (C=O) groups is 1. The molecular weight excluding hydrogens is 362 g/mol. The van der Waals surface area contributed by atoms with E-state index in [1.165, 1.54) is 0 Å². The zero-order chi connectivity index (χ0) is 19.9. The molecule has 0 spiro atoms. The minimum atomic E-state index is -0.769. The van der Waals surface area contributed by atoms with Crippen molar-refractivity contribution in [2.45, 2.75) is 76.0 Å². The Morgan fingerprint density at radius 2 is 2.22 bits per heavy atom. The molecule has 2 rings (SSSR count). The van der Waals surface area contributed by atoms with Crippen molar-refractivity contribution in [2.75, 3.05) is 5.75 Å². The largest absolute Gasteiger partial charge is 0.481 e. The highest BCUT2D eigenvalue weighted by Gasteiger charge is 2.54. The number of carboxylic acids is 1. The topological polar surface area (TPSA) is 90.1 Å². The SMILES string of the molecule is C=CC12CC(O)C(C=CC(O)CCCCC)C1CC(SCCCC(=O)O)=N2. The lowest BCUT2D eigenvalue weighted by molar-refractivity contribution is -0.137. The van der Waals surface area contributed by atoms with E-state index in [1.54, 1.807) is 11.8 Å². The first kappa shape index (κ1) is 22.2. The molecule has 5 atom stereocenters. The van der Waals surface area contributed by atoms with Crippen LogP contribution in [0.25, 0.3) is 0 Å². The molecule has 5 unspecified atom stereocenters. The van der Waals surface area contributed by atoms with Crippen molar-refractivity contribution in [3.63, 3.8) is 0 Å². The van der Waals surface area contributed by atoms with Crippen LogP contribution < -0.4 is 0 Å². The molecule has 5 nitrogen and oxygen atoms in total. The van der Waals surface area contributed by atoms with Crippen molar-refractivity contribution in [3.05, 3.63) is 24.8 Å². The van der Waals surface area contributed by atoms with Gasteiger partial charge in [-0.2, -0.15) is 0 Å². The monoisotopic (exact) mass is 395 g/mol. The van der Waals surface area contributed by atoms with Crippen molar-refractivity contribution < 1.29 is 20.1 Å². The number of aliphatic imine (C=N–C) groups is 1. The van der Waals surface area contributed by atoms with Gasteiger partial charge in [0, 0.05) is 31.1 Å². The average molecular weight is 396 g/mol. The molecule has 1 aliphatic heterocycles. The van der Waals surface area contributed by atoms with E-state index >= 15 is 0 Å². The van der Waals surface area contributed by atoms with Crippen LogP contribution in [0.5, 0.6) is 0 Å². The summed E-state index contributed by atoms with van der Waals surface area (Å²) in [5, 5.41) is 30.5. The Bertz CT molecular complexity index is 577. The molecule has 0 aromatic rings. The molecule has 27 heavy (non-hydrogen) atoms. The number of rotatable bonds is 11. The van der Waals surface area contributed by atoms with Crippen LogP contribution in [0.3, 0.4) is 0 Å². The van der Waals surface area contributed by atoms with Gasteiger partial charge >= 0.3 is 5.97 Å². The third kappa shape index (κ3) is 5.93. The quantitative estimate of drug-likeness (QED) is 0.366. The second-order valence-electron chi connectivity index (χ2n) is 7.65. The number of aliphatic carboxylic acids is 1. The van der Waals surface area contributed by atoms with Crippen molar-refractivity contribution >= 4 is 22.8 Å². The highest BCUT2D eigenvalue weighted by molar-refractivity contribution is 8.13. The molecule has 1 saturated carbocycles. The molecule has 0 saturated heterocycles. The normalized spacial score (nSPS) is 31.1. The number of fused-ring (bicyclic) bond motifs is 1. The van der Waals surface area contributed by atoms with Gasteiger partial charge < -0.3 is 15.3 Å². The Labute approximate surface area is 166 Å². The van der Waals surface area contributed by atoms with Gasteiger partial charge in [0.15, 0.2) is 0 Å². The summed E-state index contributed by atoms with van der Waals surface area (Å²) in [5.41, 5.74) is -0.434. The Morgan fingerprint density at radius 3 is 2.89 bits per heavy atom. The molecule has 0 bridgehead atoms. The minimum Gasteiger partial charge on any atom is -0.481 e. The number of hydrogen-bond acceptors (Lipinski definition) is 5. The van der Waals surface area contributed by atoms with E-state index in [2.05, 4.69) is 13.5 Å². The highest BCUT2D eigenvalue weighted by atomic mass is 32.2. The van der Waals surface area contributed by atoms with Crippen molar-refractivity contribution in [1.82, 2.24) is 0 Å². The van der Waals surface area contributed by atoms with Crippen molar-refractivity contribution in [1.29, 1.82) is 0 Å². The van der Waals surface area contributed by atoms with E-state index in [9.17, 15) is 15.0 Å². The lowest BCUT2D eigenvalue weighted by atomic mass is 9.83. The minimum absolute atomic E-state index is 0.0373. The smallest absolute Gasteiger partial charge is 0.303 e. The summed E-state index contributed by atoms with van der Waals surface area (Å²) in [7, 11) is 0. The van der Waals surface area contributed by atoms with Gasteiger partial charge in [-0.3, -0.25) is 9.79 Å². The summed E-state index contributed by atoms with van der Waals surface area (Å²) in [6.07, 6.45) is 10.9. The molecule has 152 valence electrons. The summed E-state index contributed by atoms with van der Waals surface area (Å²) in [6, 6.07) is 0.